The van der Waals surface area contributed by atoms with E-state index in [2.05, 4.69) is 9.78 Å². The number of rotatable bonds is 7. The molecule has 0 bridgehead atoms. The van der Waals surface area contributed by atoms with Gasteiger partial charge in [-0.2, -0.15) is 10.2 Å². The number of hydrogen-bond donors (Lipinski definition) is 1. The first-order chi connectivity index (χ1) is 17.0. The number of benzene rings is 1. The Bertz CT molecular complexity index is 1350. The molecule has 8 heteroatoms. The average Bonchev–Trinajstić information content (AvgIpc) is 3.47. The summed E-state index contributed by atoms with van der Waals surface area (Å²) in [7, 11) is 1.92. The Balaban J connectivity index is 1.31. The Morgan fingerprint density at radius 2 is 1.91 bits per heavy atom. The van der Waals surface area contributed by atoms with E-state index in [1.807, 2.05) is 25.5 Å². The summed E-state index contributed by atoms with van der Waals surface area (Å²) in [4.78, 5) is 4.76. The third kappa shape index (κ3) is 4.49. The first-order valence-electron chi connectivity index (χ1n) is 12.6. The molecule has 1 aromatic carbocycles. The molecule has 2 aliphatic carbocycles. The highest BCUT2D eigenvalue weighted by Crippen LogP contribution is 2.39. The molecule has 3 heterocycles. The summed E-state index contributed by atoms with van der Waals surface area (Å²) in [6.45, 7) is 0. The third-order valence-corrected chi connectivity index (χ3v) is 7.37. The number of aromatic nitrogens is 5. The number of halogens is 1. The van der Waals surface area contributed by atoms with Crippen molar-refractivity contribution in [2.75, 3.05) is 5.73 Å². The molecule has 6 rings (SSSR count). The molecule has 0 spiro atoms. The van der Waals surface area contributed by atoms with Crippen LogP contribution in [-0.2, 0) is 13.5 Å². The Hall–Kier alpha value is -3.42. The molecule has 4 aromatic rings. The number of anilines is 1. The standard InChI is InChI=1S/C27H31FN6O/c1-33-16-18(15-30-33)27-26-22(13-8-17-6-7-17)31-25(29)14-23(26)34(32-27)19-9-11-20(12-10-19)35-24-5-3-2-4-21(24)28/h2-5,14-17,19-20H,6-13H2,1H3,(H2,29,31). The Morgan fingerprint density at radius 3 is 2.63 bits per heavy atom. The summed E-state index contributed by atoms with van der Waals surface area (Å²) >= 11 is 0. The zero-order chi connectivity index (χ0) is 23.9. The molecular weight excluding hydrogens is 443 g/mol. The van der Waals surface area contributed by atoms with E-state index < -0.39 is 0 Å². The lowest BCUT2D eigenvalue weighted by atomic mass is 9.93. The van der Waals surface area contributed by atoms with Gasteiger partial charge in [0.1, 0.15) is 11.5 Å². The van der Waals surface area contributed by atoms with Crippen molar-refractivity contribution in [2.45, 2.75) is 63.5 Å². The van der Waals surface area contributed by atoms with Crippen LogP contribution in [0, 0.1) is 11.7 Å². The topological polar surface area (TPSA) is 83.8 Å². The van der Waals surface area contributed by atoms with Crippen molar-refractivity contribution in [3.63, 3.8) is 0 Å². The second-order valence-corrected chi connectivity index (χ2v) is 10.0. The molecule has 0 unspecified atom stereocenters. The maximum absolute atomic E-state index is 14.1. The van der Waals surface area contributed by atoms with Crippen LogP contribution < -0.4 is 10.5 Å². The number of nitrogens with two attached hydrogens (primary N) is 1. The maximum atomic E-state index is 14.1. The van der Waals surface area contributed by atoms with Crippen molar-refractivity contribution in [3.8, 4) is 17.0 Å². The van der Waals surface area contributed by atoms with Gasteiger partial charge in [-0.15, -0.1) is 0 Å². The van der Waals surface area contributed by atoms with E-state index in [0.717, 1.165) is 72.3 Å². The number of nitrogens with zero attached hydrogens (tertiary/aromatic N) is 5. The SMILES string of the molecule is Cn1cc(-c2nn(C3CCC(Oc4ccccc4F)CC3)c3cc(N)nc(CCC4CC4)c23)cn1. The van der Waals surface area contributed by atoms with Gasteiger partial charge in [0.15, 0.2) is 11.6 Å². The van der Waals surface area contributed by atoms with Crippen LogP contribution in [0.5, 0.6) is 5.75 Å². The largest absolute Gasteiger partial charge is 0.487 e. The van der Waals surface area contributed by atoms with Crippen LogP contribution >= 0.6 is 0 Å². The number of fused-ring (bicyclic) bond motifs is 1. The second-order valence-electron chi connectivity index (χ2n) is 10.0. The minimum Gasteiger partial charge on any atom is -0.487 e. The van der Waals surface area contributed by atoms with E-state index in [9.17, 15) is 4.39 Å². The van der Waals surface area contributed by atoms with Crippen LogP contribution in [-0.4, -0.2) is 30.6 Å². The Kier molecular flexibility index (Phi) is 5.66. The fraction of sp³-hybridized carbons (Fsp3) is 0.444. The predicted molar refractivity (Wildman–Crippen MR) is 134 cm³/mol. The molecule has 3 aromatic heterocycles. The lowest BCUT2D eigenvalue weighted by Crippen LogP contribution is -2.26. The molecule has 7 nitrogen and oxygen atoms in total. The molecule has 0 aliphatic heterocycles. The molecule has 2 N–H and O–H groups in total. The van der Waals surface area contributed by atoms with Crippen LogP contribution in [0.4, 0.5) is 10.2 Å². The van der Waals surface area contributed by atoms with Gasteiger partial charge in [0, 0.05) is 30.3 Å². The smallest absolute Gasteiger partial charge is 0.165 e. The van der Waals surface area contributed by atoms with Crippen LogP contribution in [0.1, 0.15) is 56.7 Å². The van der Waals surface area contributed by atoms with Gasteiger partial charge in [-0.1, -0.05) is 25.0 Å². The number of para-hydroxylation sites is 1. The summed E-state index contributed by atoms with van der Waals surface area (Å²) in [5.74, 6) is 1.38. The molecule has 2 aliphatic rings. The molecule has 2 saturated carbocycles. The predicted octanol–water partition coefficient (Wildman–Crippen LogP) is 5.46. The minimum atomic E-state index is -0.310. The molecule has 0 saturated heterocycles. The van der Waals surface area contributed by atoms with Gasteiger partial charge in [0.25, 0.3) is 0 Å². The second kappa shape index (κ2) is 8.98. The van der Waals surface area contributed by atoms with Crippen molar-refractivity contribution in [3.05, 3.63) is 54.2 Å². The van der Waals surface area contributed by atoms with Crippen LogP contribution in [0.25, 0.3) is 22.2 Å². The first-order valence-corrected chi connectivity index (χ1v) is 12.6. The van der Waals surface area contributed by atoms with E-state index in [1.165, 1.54) is 18.9 Å². The van der Waals surface area contributed by atoms with Gasteiger partial charge in [0.2, 0.25) is 0 Å². The number of aryl methyl sites for hydroxylation is 2. The number of pyridine rings is 1. The first kappa shape index (κ1) is 22.1. The zero-order valence-electron chi connectivity index (χ0n) is 20.0. The number of hydrogen-bond acceptors (Lipinski definition) is 5. The quantitative estimate of drug-likeness (QED) is 0.385. The summed E-state index contributed by atoms with van der Waals surface area (Å²) in [5.41, 5.74) is 10.3. The molecule has 182 valence electrons. The Morgan fingerprint density at radius 1 is 1.11 bits per heavy atom. The molecule has 35 heavy (non-hydrogen) atoms. The molecule has 2 fully saturated rings. The van der Waals surface area contributed by atoms with Gasteiger partial charge in [-0.3, -0.25) is 9.36 Å². The summed E-state index contributed by atoms with van der Waals surface area (Å²) in [6, 6.07) is 8.81. The van der Waals surface area contributed by atoms with E-state index in [1.54, 1.807) is 22.9 Å². The van der Waals surface area contributed by atoms with Crippen molar-refractivity contribution < 1.29 is 9.13 Å². The van der Waals surface area contributed by atoms with Gasteiger partial charge in [-0.25, -0.2) is 9.37 Å². The highest BCUT2D eigenvalue weighted by atomic mass is 19.1. The van der Waals surface area contributed by atoms with Crippen LogP contribution in [0.2, 0.25) is 0 Å². The van der Waals surface area contributed by atoms with E-state index >= 15 is 0 Å². The summed E-state index contributed by atoms with van der Waals surface area (Å²) in [6.07, 6.45) is 12.1. The van der Waals surface area contributed by atoms with Crippen molar-refractivity contribution in [2.24, 2.45) is 13.0 Å². The van der Waals surface area contributed by atoms with Crippen molar-refractivity contribution >= 4 is 16.7 Å². The fourth-order valence-electron chi connectivity index (χ4n) is 5.33. The molecular formula is C27H31FN6O. The van der Waals surface area contributed by atoms with Crippen LogP contribution in [0.3, 0.4) is 0 Å². The highest BCUT2D eigenvalue weighted by Gasteiger charge is 2.29. The lowest BCUT2D eigenvalue weighted by Gasteiger charge is -2.29. The average molecular weight is 475 g/mol. The zero-order valence-corrected chi connectivity index (χ0v) is 20.0. The van der Waals surface area contributed by atoms with Gasteiger partial charge in [0.05, 0.1) is 29.6 Å². The monoisotopic (exact) mass is 474 g/mol. The molecule has 0 amide bonds. The number of ether oxygens (including phenoxy) is 1. The molecule has 0 radical (unpaired) electrons. The van der Waals surface area contributed by atoms with Crippen molar-refractivity contribution in [1.29, 1.82) is 0 Å². The van der Waals surface area contributed by atoms with E-state index in [-0.39, 0.29) is 18.0 Å². The highest BCUT2D eigenvalue weighted by molar-refractivity contribution is 5.96. The molecule has 0 atom stereocenters. The lowest BCUT2D eigenvalue weighted by molar-refractivity contribution is 0.126. The Labute approximate surface area is 204 Å². The van der Waals surface area contributed by atoms with Crippen molar-refractivity contribution in [1.82, 2.24) is 24.5 Å². The van der Waals surface area contributed by atoms with Gasteiger partial charge >= 0.3 is 0 Å². The maximum Gasteiger partial charge on any atom is 0.165 e. The third-order valence-electron chi connectivity index (χ3n) is 7.37. The van der Waals surface area contributed by atoms with Gasteiger partial charge < -0.3 is 10.5 Å². The van der Waals surface area contributed by atoms with E-state index in [4.69, 9.17) is 20.6 Å². The summed E-state index contributed by atoms with van der Waals surface area (Å²) < 4.78 is 24.0. The fourth-order valence-corrected chi connectivity index (χ4v) is 5.33. The van der Waals surface area contributed by atoms with Gasteiger partial charge in [-0.05, 0) is 56.6 Å². The van der Waals surface area contributed by atoms with Crippen LogP contribution in [0.15, 0.2) is 42.7 Å². The van der Waals surface area contributed by atoms with E-state index in [0.29, 0.717) is 11.6 Å². The normalized spacial score (nSPS) is 20.4. The number of nitrogen functional groups attached to an aromatic ring is 1. The minimum absolute atomic E-state index is 0.00334. The summed E-state index contributed by atoms with van der Waals surface area (Å²) in [5, 5.41) is 10.6.